The van der Waals surface area contributed by atoms with Crippen LogP contribution in [0.2, 0.25) is 0 Å². The number of oxazole rings is 1. The summed E-state index contributed by atoms with van der Waals surface area (Å²) in [6, 6.07) is 3.71. The molecule has 3 aliphatic rings. The Bertz CT molecular complexity index is 1230. The molecule has 0 bridgehead atoms. The molecule has 0 aromatic carbocycles. The number of anilines is 1. The van der Waals surface area contributed by atoms with Gasteiger partial charge in [0.05, 0.1) is 23.0 Å². The van der Waals surface area contributed by atoms with Gasteiger partial charge < -0.3 is 30.0 Å². The summed E-state index contributed by atoms with van der Waals surface area (Å²) < 4.78 is 5.62. The summed E-state index contributed by atoms with van der Waals surface area (Å²) in [5.74, 6) is 1.62. The van der Waals surface area contributed by atoms with Gasteiger partial charge in [0.15, 0.2) is 5.69 Å². The number of nitrogens with zero attached hydrogens (tertiary/aromatic N) is 5. The first-order valence-electron chi connectivity index (χ1n) is 13.0. The Morgan fingerprint density at radius 2 is 2.08 bits per heavy atom. The summed E-state index contributed by atoms with van der Waals surface area (Å²) in [6.07, 6.45) is 12.0. The molecule has 3 aliphatic heterocycles. The Hall–Kier alpha value is -3.66. The van der Waals surface area contributed by atoms with Gasteiger partial charge in [-0.15, -0.1) is 0 Å². The molecule has 3 N–H and O–H groups in total. The number of amides is 1. The molecule has 1 unspecified atom stereocenters. The molecule has 2 aromatic heterocycles. The van der Waals surface area contributed by atoms with Gasteiger partial charge in [-0.3, -0.25) is 9.79 Å². The summed E-state index contributed by atoms with van der Waals surface area (Å²) in [5, 5.41) is 16.2. The van der Waals surface area contributed by atoms with E-state index in [-0.39, 0.29) is 17.6 Å². The summed E-state index contributed by atoms with van der Waals surface area (Å²) in [5.41, 5.74) is 1.94. The van der Waals surface area contributed by atoms with Gasteiger partial charge in [0, 0.05) is 50.7 Å². The summed E-state index contributed by atoms with van der Waals surface area (Å²) in [7, 11) is 1.79. The second kappa shape index (κ2) is 10.4. The number of aliphatic imine (C=N–C) groups is 1. The molecule has 1 fully saturated rings. The van der Waals surface area contributed by atoms with Crippen molar-refractivity contribution in [3.05, 3.63) is 54.0 Å². The van der Waals surface area contributed by atoms with Crippen molar-refractivity contribution in [2.75, 3.05) is 32.0 Å². The monoisotopic (exact) mass is 505 g/mol. The van der Waals surface area contributed by atoms with Crippen LogP contribution in [0.25, 0.3) is 11.5 Å². The molecule has 0 radical (unpaired) electrons. The molecule has 2 aromatic rings. The number of fused-ring (bicyclic) bond motifs is 1. The van der Waals surface area contributed by atoms with Crippen molar-refractivity contribution in [3.8, 4) is 11.5 Å². The number of carbonyl (C=O) groups excluding carboxylic acids is 1. The number of rotatable bonds is 8. The van der Waals surface area contributed by atoms with Gasteiger partial charge in [-0.05, 0) is 58.1 Å². The lowest BCUT2D eigenvalue weighted by molar-refractivity contribution is 0.0668. The van der Waals surface area contributed by atoms with Crippen LogP contribution >= 0.6 is 0 Å². The SMILES string of the molecule is CNc1cc(-c2nc(C(=O)NC3=CN4CC(CCC(C)(C)O)N=C4C=C3N3CCCCC3)co2)ccn1. The van der Waals surface area contributed by atoms with Crippen molar-refractivity contribution in [1.82, 2.24) is 25.1 Å². The molecule has 1 atom stereocenters. The lowest BCUT2D eigenvalue weighted by atomic mass is 10.00. The number of pyridine rings is 1. The molecule has 0 saturated carbocycles. The Balaban J connectivity index is 1.35. The van der Waals surface area contributed by atoms with E-state index in [1.165, 1.54) is 12.7 Å². The van der Waals surface area contributed by atoms with Crippen LogP contribution in [0.15, 0.2) is 57.7 Å². The van der Waals surface area contributed by atoms with Crippen LogP contribution in [0.5, 0.6) is 0 Å². The molecule has 5 heterocycles. The highest BCUT2D eigenvalue weighted by Gasteiger charge is 2.31. The van der Waals surface area contributed by atoms with Crippen molar-refractivity contribution < 1.29 is 14.3 Å². The van der Waals surface area contributed by atoms with Gasteiger partial charge >= 0.3 is 0 Å². The second-order valence-electron chi connectivity index (χ2n) is 10.4. The summed E-state index contributed by atoms with van der Waals surface area (Å²) >= 11 is 0. The van der Waals surface area contributed by atoms with E-state index in [9.17, 15) is 9.90 Å². The topological polar surface area (TPSA) is 119 Å². The fraction of sp³-hybridized carbons (Fsp3) is 0.481. The Labute approximate surface area is 217 Å². The highest BCUT2D eigenvalue weighted by molar-refractivity contribution is 5.99. The number of carbonyl (C=O) groups is 1. The third-order valence-corrected chi connectivity index (χ3v) is 6.88. The van der Waals surface area contributed by atoms with Crippen molar-refractivity contribution in [3.63, 3.8) is 0 Å². The van der Waals surface area contributed by atoms with Crippen molar-refractivity contribution in [2.45, 2.75) is 57.6 Å². The number of aliphatic hydroxyl groups is 1. The van der Waals surface area contributed by atoms with E-state index >= 15 is 0 Å². The van der Waals surface area contributed by atoms with Gasteiger partial charge in [0.25, 0.3) is 5.91 Å². The molecule has 0 aliphatic carbocycles. The molecule has 10 nitrogen and oxygen atoms in total. The maximum atomic E-state index is 13.3. The quantitative estimate of drug-likeness (QED) is 0.500. The zero-order valence-electron chi connectivity index (χ0n) is 21.7. The summed E-state index contributed by atoms with van der Waals surface area (Å²) in [6.45, 7) is 6.26. The first-order chi connectivity index (χ1) is 17.8. The maximum Gasteiger partial charge on any atom is 0.277 e. The van der Waals surface area contributed by atoms with Crippen LogP contribution in [0.1, 0.15) is 56.4 Å². The molecule has 1 amide bonds. The lowest BCUT2D eigenvalue weighted by Crippen LogP contribution is -2.39. The predicted molar refractivity (Wildman–Crippen MR) is 142 cm³/mol. The van der Waals surface area contributed by atoms with Gasteiger partial charge in [-0.25, -0.2) is 9.97 Å². The fourth-order valence-corrected chi connectivity index (χ4v) is 4.85. The summed E-state index contributed by atoms with van der Waals surface area (Å²) in [4.78, 5) is 31.2. The van der Waals surface area contributed by atoms with Crippen LogP contribution in [0.3, 0.4) is 0 Å². The van der Waals surface area contributed by atoms with Crippen molar-refractivity contribution in [2.24, 2.45) is 4.99 Å². The van der Waals surface area contributed by atoms with E-state index in [2.05, 4.69) is 36.5 Å². The number of amidine groups is 1. The van der Waals surface area contributed by atoms with E-state index in [0.717, 1.165) is 61.7 Å². The first kappa shape index (κ1) is 25.0. The van der Waals surface area contributed by atoms with Crippen molar-refractivity contribution >= 4 is 17.6 Å². The largest absolute Gasteiger partial charge is 0.444 e. The number of aromatic nitrogens is 2. The number of hydrogen-bond donors (Lipinski definition) is 3. The Morgan fingerprint density at radius 1 is 1.27 bits per heavy atom. The number of hydrogen-bond acceptors (Lipinski definition) is 9. The minimum absolute atomic E-state index is 0.104. The van der Waals surface area contributed by atoms with Crippen LogP contribution in [-0.4, -0.2) is 74.9 Å². The maximum absolute atomic E-state index is 13.3. The highest BCUT2D eigenvalue weighted by atomic mass is 16.3. The normalized spacial score (nSPS) is 19.7. The van der Waals surface area contributed by atoms with Gasteiger partial charge in [-0.1, -0.05) is 0 Å². The third kappa shape index (κ3) is 5.85. The second-order valence-corrected chi connectivity index (χ2v) is 10.4. The zero-order chi connectivity index (χ0) is 26.0. The van der Waals surface area contributed by atoms with Gasteiger partial charge in [0.1, 0.15) is 17.9 Å². The Kier molecular flexibility index (Phi) is 7.01. The lowest BCUT2D eigenvalue weighted by Gasteiger charge is -2.35. The average molecular weight is 506 g/mol. The highest BCUT2D eigenvalue weighted by Crippen LogP contribution is 2.28. The van der Waals surface area contributed by atoms with Crippen LogP contribution < -0.4 is 10.6 Å². The first-order valence-corrected chi connectivity index (χ1v) is 13.0. The number of piperidine rings is 1. The van der Waals surface area contributed by atoms with E-state index < -0.39 is 5.60 Å². The minimum atomic E-state index is -0.714. The molecule has 10 heteroatoms. The van der Waals surface area contributed by atoms with E-state index in [1.54, 1.807) is 19.3 Å². The van der Waals surface area contributed by atoms with Crippen LogP contribution in [0, 0.1) is 0 Å². The number of nitrogens with one attached hydrogen (secondary N) is 2. The molecular weight excluding hydrogens is 470 g/mol. The van der Waals surface area contributed by atoms with Crippen LogP contribution in [-0.2, 0) is 0 Å². The molecule has 37 heavy (non-hydrogen) atoms. The van der Waals surface area contributed by atoms with Gasteiger partial charge in [-0.2, -0.15) is 0 Å². The fourth-order valence-electron chi connectivity index (χ4n) is 4.85. The zero-order valence-corrected chi connectivity index (χ0v) is 21.7. The van der Waals surface area contributed by atoms with E-state index in [4.69, 9.17) is 9.41 Å². The molecule has 5 rings (SSSR count). The molecular formula is C27H35N7O3. The molecule has 0 spiro atoms. The smallest absolute Gasteiger partial charge is 0.277 e. The average Bonchev–Trinajstić information content (AvgIpc) is 3.54. The van der Waals surface area contributed by atoms with E-state index in [0.29, 0.717) is 18.1 Å². The standard InChI is InChI=1S/C27H35N7O3/c1-27(2,36)9-7-19-15-34-16-20(22(14-24(34)30-19)33-11-5-4-6-12-33)31-25(35)21-17-37-26(32-21)18-8-10-29-23(13-18)28-3/h8,10,13-14,16-17,19,36H,4-7,9,11-12,15H2,1-3H3,(H,28,29)(H,31,35). The Morgan fingerprint density at radius 3 is 2.84 bits per heavy atom. The van der Waals surface area contributed by atoms with Gasteiger partial charge in [0.2, 0.25) is 5.89 Å². The van der Waals surface area contributed by atoms with Crippen LogP contribution in [0.4, 0.5) is 5.82 Å². The molecule has 1 saturated heterocycles. The minimum Gasteiger partial charge on any atom is -0.444 e. The number of likely N-dealkylation sites (tertiary alicyclic amines) is 1. The van der Waals surface area contributed by atoms with E-state index in [1.807, 2.05) is 26.1 Å². The predicted octanol–water partition coefficient (Wildman–Crippen LogP) is 3.37. The third-order valence-electron chi connectivity index (χ3n) is 6.88. The molecule has 196 valence electrons. The van der Waals surface area contributed by atoms with Crippen molar-refractivity contribution in [1.29, 1.82) is 0 Å².